The van der Waals surface area contributed by atoms with E-state index >= 15 is 0 Å². The maximum atomic E-state index is 12.0. The van der Waals surface area contributed by atoms with Gasteiger partial charge in [-0.2, -0.15) is 0 Å². The van der Waals surface area contributed by atoms with Gasteiger partial charge in [-0.1, -0.05) is 50.6 Å². The summed E-state index contributed by atoms with van der Waals surface area (Å²) in [5.41, 5.74) is 5.93. The summed E-state index contributed by atoms with van der Waals surface area (Å²) >= 11 is 0. The molecular weight excluding hydrogens is 382 g/mol. The summed E-state index contributed by atoms with van der Waals surface area (Å²) in [6, 6.07) is 11.1. The minimum Gasteiger partial charge on any atom is -0.313 e. The number of rotatable bonds is 6. The molecular formula is C27H39N3O. The van der Waals surface area contributed by atoms with Crippen molar-refractivity contribution in [2.75, 3.05) is 25.5 Å². The number of hydrogen-bond donors (Lipinski definition) is 0. The van der Waals surface area contributed by atoms with E-state index in [9.17, 15) is 4.79 Å². The normalized spacial score (nSPS) is 21.9. The standard InChI is InChI=1S/C27H39N3O/c1-20-9-8-10-23(15-20)27(29(6)7)13-11-22(12-14-27)18-30(19-31)24-17-28-25(16-21(24)2)26(3,4)5/h8-10,15-17,19,22H,11-14,18H2,1-7H3. The van der Waals surface area contributed by atoms with Crippen LogP contribution in [0.25, 0.3) is 0 Å². The van der Waals surface area contributed by atoms with E-state index in [0.29, 0.717) is 5.92 Å². The Morgan fingerprint density at radius 3 is 2.32 bits per heavy atom. The predicted octanol–water partition coefficient (Wildman–Crippen LogP) is 5.61. The fraction of sp³-hybridized carbons (Fsp3) is 0.556. The zero-order valence-electron chi connectivity index (χ0n) is 20.4. The molecule has 3 rings (SSSR count). The van der Waals surface area contributed by atoms with E-state index in [2.05, 4.69) is 88.9 Å². The molecule has 0 unspecified atom stereocenters. The van der Waals surface area contributed by atoms with Crippen LogP contribution in [0.2, 0.25) is 0 Å². The van der Waals surface area contributed by atoms with Crippen LogP contribution < -0.4 is 4.90 Å². The van der Waals surface area contributed by atoms with Crippen molar-refractivity contribution in [3.05, 3.63) is 58.9 Å². The third-order valence-corrected chi connectivity index (χ3v) is 7.09. The van der Waals surface area contributed by atoms with Crippen LogP contribution in [0.4, 0.5) is 5.69 Å². The van der Waals surface area contributed by atoms with Gasteiger partial charge in [-0.25, -0.2) is 0 Å². The Labute approximate surface area is 188 Å². The summed E-state index contributed by atoms with van der Waals surface area (Å²) in [6.45, 7) is 11.5. The van der Waals surface area contributed by atoms with Gasteiger partial charge in [-0.05, 0) is 76.7 Å². The Kier molecular flexibility index (Phi) is 6.90. The van der Waals surface area contributed by atoms with Crippen molar-refractivity contribution in [1.82, 2.24) is 9.88 Å². The lowest BCUT2D eigenvalue weighted by atomic mass is 9.71. The summed E-state index contributed by atoms with van der Waals surface area (Å²) in [4.78, 5) is 20.9. The Morgan fingerprint density at radius 1 is 1.13 bits per heavy atom. The summed E-state index contributed by atoms with van der Waals surface area (Å²) in [5.74, 6) is 0.504. The van der Waals surface area contributed by atoms with Crippen LogP contribution in [0.1, 0.15) is 68.8 Å². The molecule has 0 radical (unpaired) electrons. The molecule has 0 atom stereocenters. The predicted molar refractivity (Wildman–Crippen MR) is 130 cm³/mol. The Bertz CT molecular complexity index is 905. The second kappa shape index (κ2) is 9.12. The highest BCUT2D eigenvalue weighted by Gasteiger charge is 2.39. The Balaban J connectivity index is 1.74. The molecule has 0 saturated heterocycles. The maximum absolute atomic E-state index is 12.0. The lowest BCUT2D eigenvalue weighted by Gasteiger charge is -2.46. The molecule has 1 aliphatic carbocycles. The highest BCUT2D eigenvalue weighted by Crippen LogP contribution is 2.43. The van der Waals surface area contributed by atoms with E-state index in [4.69, 9.17) is 0 Å². The molecule has 0 spiro atoms. The first-order chi connectivity index (χ1) is 14.6. The number of amides is 1. The number of carbonyl (C=O) groups excluding carboxylic acids is 1. The van der Waals surface area contributed by atoms with Crippen molar-refractivity contribution in [2.24, 2.45) is 5.92 Å². The van der Waals surface area contributed by atoms with Gasteiger partial charge in [0, 0.05) is 23.2 Å². The molecule has 4 heteroatoms. The summed E-state index contributed by atoms with van der Waals surface area (Å²) in [5, 5.41) is 0. The SMILES string of the molecule is Cc1cccc(C2(N(C)C)CCC(CN(C=O)c3cnc(C(C)(C)C)cc3C)CC2)c1. The Morgan fingerprint density at radius 2 is 1.81 bits per heavy atom. The first-order valence-corrected chi connectivity index (χ1v) is 11.5. The zero-order valence-corrected chi connectivity index (χ0v) is 20.4. The molecule has 2 aromatic rings. The zero-order chi connectivity index (χ0) is 22.8. The first kappa shape index (κ1) is 23.5. The van der Waals surface area contributed by atoms with Crippen molar-refractivity contribution < 1.29 is 4.79 Å². The molecule has 0 aliphatic heterocycles. The number of aromatic nitrogens is 1. The van der Waals surface area contributed by atoms with Crippen molar-refractivity contribution in [3.8, 4) is 0 Å². The van der Waals surface area contributed by atoms with Crippen molar-refractivity contribution in [2.45, 2.75) is 71.3 Å². The van der Waals surface area contributed by atoms with E-state index in [1.54, 1.807) is 0 Å². The minimum absolute atomic E-state index is 0.00394. The molecule has 4 nitrogen and oxygen atoms in total. The second-order valence-electron chi connectivity index (χ2n) is 10.6. The molecule has 1 aliphatic rings. The van der Waals surface area contributed by atoms with E-state index in [-0.39, 0.29) is 11.0 Å². The van der Waals surface area contributed by atoms with Gasteiger partial charge in [-0.3, -0.25) is 14.7 Å². The van der Waals surface area contributed by atoms with Crippen molar-refractivity contribution in [3.63, 3.8) is 0 Å². The van der Waals surface area contributed by atoms with Crippen LogP contribution in [0.5, 0.6) is 0 Å². The summed E-state index contributed by atoms with van der Waals surface area (Å²) < 4.78 is 0. The Hall–Kier alpha value is -2.20. The minimum atomic E-state index is 0.00394. The number of benzene rings is 1. The first-order valence-electron chi connectivity index (χ1n) is 11.5. The lowest BCUT2D eigenvalue weighted by Crippen LogP contribution is -2.45. The fourth-order valence-corrected chi connectivity index (χ4v) is 5.00. The fourth-order valence-electron chi connectivity index (χ4n) is 5.00. The molecule has 1 amide bonds. The van der Waals surface area contributed by atoms with Gasteiger partial charge in [0.1, 0.15) is 0 Å². The molecule has 168 valence electrons. The molecule has 1 aromatic carbocycles. The van der Waals surface area contributed by atoms with Crippen LogP contribution in [-0.4, -0.2) is 36.9 Å². The quantitative estimate of drug-likeness (QED) is 0.569. The van der Waals surface area contributed by atoms with Crippen molar-refractivity contribution >= 4 is 12.1 Å². The third-order valence-electron chi connectivity index (χ3n) is 7.09. The van der Waals surface area contributed by atoms with Crippen molar-refractivity contribution in [1.29, 1.82) is 0 Å². The second-order valence-corrected chi connectivity index (χ2v) is 10.6. The van der Waals surface area contributed by atoms with Gasteiger partial charge >= 0.3 is 0 Å². The van der Waals surface area contributed by atoms with Crippen LogP contribution in [0.15, 0.2) is 36.5 Å². The number of nitrogens with zero attached hydrogens (tertiary/aromatic N) is 3. The van der Waals surface area contributed by atoms with Crippen LogP contribution >= 0.6 is 0 Å². The van der Waals surface area contributed by atoms with Gasteiger partial charge in [0.25, 0.3) is 0 Å². The number of carbonyl (C=O) groups is 1. The smallest absolute Gasteiger partial charge is 0.214 e. The molecule has 1 saturated carbocycles. The van der Waals surface area contributed by atoms with Gasteiger partial charge in [0.15, 0.2) is 0 Å². The van der Waals surface area contributed by atoms with Gasteiger partial charge in [0.2, 0.25) is 6.41 Å². The number of anilines is 1. The van der Waals surface area contributed by atoms with Crippen LogP contribution in [-0.2, 0) is 15.7 Å². The van der Waals surface area contributed by atoms with Crippen LogP contribution in [0, 0.1) is 19.8 Å². The lowest BCUT2D eigenvalue weighted by molar-refractivity contribution is -0.107. The summed E-state index contributed by atoms with van der Waals surface area (Å²) in [6.07, 6.45) is 7.31. The average molecular weight is 422 g/mol. The molecule has 31 heavy (non-hydrogen) atoms. The van der Waals surface area contributed by atoms with E-state index < -0.39 is 0 Å². The van der Waals surface area contributed by atoms with Crippen LogP contribution in [0.3, 0.4) is 0 Å². The van der Waals surface area contributed by atoms with Gasteiger partial charge in [0.05, 0.1) is 11.9 Å². The van der Waals surface area contributed by atoms with Gasteiger partial charge < -0.3 is 4.90 Å². The van der Waals surface area contributed by atoms with Gasteiger partial charge in [-0.15, -0.1) is 0 Å². The monoisotopic (exact) mass is 421 g/mol. The average Bonchev–Trinajstić information content (AvgIpc) is 2.72. The third kappa shape index (κ3) is 5.01. The largest absolute Gasteiger partial charge is 0.313 e. The summed E-state index contributed by atoms with van der Waals surface area (Å²) in [7, 11) is 4.40. The molecule has 0 bridgehead atoms. The maximum Gasteiger partial charge on any atom is 0.214 e. The highest BCUT2D eigenvalue weighted by atomic mass is 16.1. The van der Waals surface area contributed by atoms with E-state index in [1.807, 2.05) is 11.1 Å². The molecule has 0 N–H and O–H groups in total. The molecule has 1 fully saturated rings. The number of aryl methyl sites for hydroxylation is 2. The highest BCUT2D eigenvalue weighted by molar-refractivity contribution is 5.76. The number of hydrogen-bond acceptors (Lipinski definition) is 3. The van der Waals surface area contributed by atoms with E-state index in [0.717, 1.165) is 55.6 Å². The topological polar surface area (TPSA) is 36.4 Å². The number of pyridine rings is 1. The molecule has 1 heterocycles. The van der Waals surface area contributed by atoms with E-state index in [1.165, 1.54) is 11.1 Å². The molecule has 1 aromatic heterocycles.